The van der Waals surface area contributed by atoms with Gasteiger partial charge in [0.2, 0.25) is 10.0 Å². The number of hydrogen-bond donors (Lipinski definition) is 0. The van der Waals surface area contributed by atoms with Crippen molar-refractivity contribution in [1.82, 2.24) is 4.31 Å². The maximum atomic E-state index is 13.3. The maximum absolute atomic E-state index is 13.3. The predicted molar refractivity (Wildman–Crippen MR) is 113 cm³/mol. The quantitative estimate of drug-likeness (QED) is 0.719. The topological polar surface area (TPSA) is 57.7 Å². The van der Waals surface area contributed by atoms with E-state index < -0.39 is 10.0 Å². The first-order valence-corrected chi connectivity index (χ1v) is 11.3. The maximum Gasteiger partial charge on any atom is 0.259 e. The lowest BCUT2D eigenvalue weighted by Gasteiger charge is -2.23. The third-order valence-corrected chi connectivity index (χ3v) is 7.17. The van der Waals surface area contributed by atoms with Crippen LogP contribution in [0.4, 0.5) is 5.69 Å². The Balaban J connectivity index is 2.01. The monoisotopic (exact) mass is 420 g/mol. The second-order valence-corrected chi connectivity index (χ2v) is 9.49. The Morgan fingerprint density at radius 2 is 1.68 bits per heavy atom. The molecule has 2 aromatic carbocycles. The number of hydrogen-bond acceptors (Lipinski definition) is 3. The van der Waals surface area contributed by atoms with Crippen LogP contribution in [0.3, 0.4) is 0 Å². The summed E-state index contributed by atoms with van der Waals surface area (Å²) in [6.07, 6.45) is 1.71. The molecule has 0 aromatic heterocycles. The summed E-state index contributed by atoms with van der Waals surface area (Å²) < 4.78 is 27.2. The van der Waals surface area contributed by atoms with Crippen LogP contribution in [0.25, 0.3) is 0 Å². The van der Waals surface area contributed by atoms with Crippen LogP contribution >= 0.6 is 11.6 Å². The van der Waals surface area contributed by atoms with E-state index in [0.29, 0.717) is 19.6 Å². The number of carbonyl (C=O) groups excluding carboxylic acids is 1. The fourth-order valence-electron chi connectivity index (χ4n) is 3.60. The molecule has 0 saturated carbocycles. The first kappa shape index (κ1) is 20.8. The zero-order valence-electron chi connectivity index (χ0n) is 16.4. The number of amides is 1. The van der Waals surface area contributed by atoms with Gasteiger partial charge < -0.3 is 4.90 Å². The summed E-state index contributed by atoms with van der Waals surface area (Å²) >= 11 is 6.30. The third kappa shape index (κ3) is 4.09. The highest BCUT2D eigenvalue weighted by Crippen LogP contribution is 2.28. The summed E-state index contributed by atoms with van der Waals surface area (Å²) in [6.45, 7) is 7.31. The second kappa shape index (κ2) is 8.23. The minimum Gasteiger partial charge on any atom is -0.309 e. The Kier molecular flexibility index (Phi) is 6.12. The third-order valence-electron chi connectivity index (χ3n) is 4.95. The summed E-state index contributed by atoms with van der Waals surface area (Å²) in [5, 5.41) is 0.244. The highest BCUT2D eigenvalue weighted by Gasteiger charge is 2.29. The fraction of sp³-hybridized carbons (Fsp3) is 0.381. The van der Waals surface area contributed by atoms with E-state index in [1.165, 1.54) is 22.5 Å². The summed E-state index contributed by atoms with van der Waals surface area (Å²) in [5.41, 5.74) is 3.08. The van der Waals surface area contributed by atoms with Gasteiger partial charge in [0.25, 0.3) is 5.91 Å². The van der Waals surface area contributed by atoms with E-state index in [-0.39, 0.29) is 21.4 Å². The van der Waals surface area contributed by atoms with Crippen molar-refractivity contribution >= 4 is 33.2 Å². The smallest absolute Gasteiger partial charge is 0.259 e. The van der Waals surface area contributed by atoms with Gasteiger partial charge in [-0.05, 0) is 75.1 Å². The molecule has 1 aliphatic rings. The molecule has 0 atom stereocenters. The Morgan fingerprint density at radius 1 is 1.07 bits per heavy atom. The van der Waals surface area contributed by atoms with Crippen LogP contribution in [0, 0.1) is 13.8 Å². The lowest BCUT2D eigenvalue weighted by molar-refractivity contribution is 0.0988. The lowest BCUT2D eigenvalue weighted by Crippen LogP contribution is -2.32. The van der Waals surface area contributed by atoms with Crippen LogP contribution in [0.2, 0.25) is 5.02 Å². The molecular weight excluding hydrogens is 396 g/mol. The van der Waals surface area contributed by atoms with Crippen molar-refractivity contribution in [3.8, 4) is 0 Å². The van der Waals surface area contributed by atoms with Crippen molar-refractivity contribution in [2.75, 3.05) is 24.5 Å². The molecule has 150 valence electrons. The van der Waals surface area contributed by atoms with Crippen molar-refractivity contribution in [2.45, 2.75) is 38.5 Å². The van der Waals surface area contributed by atoms with Gasteiger partial charge >= 0.3 is 0 Å². The van der Waals surface area contributed by atoms with E-state index >= 15 is 0 Å². The van der Waals surface area contributed by atoms with Gasteiger partial charge in [0, 0.05) is 25.3 Å². The van der Waals surface area contributed by atoms with Gasteiger partial charge in [-0.25, -0.2) is 8.42 Å². The minimum atomic E-state index is -3.62. The molecule has 1 fully saturated rings. The van der Waals surface area contributed by atoms with Crippen LogP contribution in [0.5, 0.6) is 0 Å². The predicted octanol–water partition coefficient (Wildman–Crippen LogP) is 4.41. The molecule has 5 nitrogen and oxygen atoms in total. The molecule has 0 spiro atoms. The van der Waals surface area contributed by atoms with Gasteiger partial charge in [-0.1, -0.05) is 17.7 Å². The van der Waals surface area contributed by atoms with Crippen LogP contribution in [0.1, 0.15) is 41.3 Å². The van der Waals surface area contributed by atoms with Gasteiger partial charge in [0.05, 0.1) is 15.5 Å². The summed E-state index contributed by atoms with van der Waals surface area (Å²) in [4.78, 5) is 15.0. The Hall–Kier alpha value is -1.89. The van der Waals surface area contributed by atoms with Crippen molar-refractivity contribution < 1.29 is 13.2 Å². The van der Waals surface area contributed by atoms with Crippen LogP contribution in [-0.4, -0.2) is 38.3 Å². The number of halogens is 1. The normalized spacial score (nSPS) is 15.0. The standard InChI is InChI=1S/C21H25ClN2O3S/c1-4-24(17-12-15(2)11-16(3)13-17)21(25)19-14-18(7-8-20(19)22)28(26,27)23-9-5-6-10-23/h7-8,11-14H,4-6,9-10H2,1-3H3. The lowest BCUT2D eigenvalue weighted by atomic mass is 10.1. The van der Waals surface area contributed by atoms with E-state index in [9.17, 15) is 13.2 Å². The molecule has 0 unspecified atom stereocenters. The second-order valence-electron chi connectivity index (χ2n) is 7.15. The van der Waals surface area contributed by atoms with Crippen LogP contribution < -0.4 is 4.90 Å². The Labute approximate surface area is 172 Å². The van der Waals surface area contributed by atoms with E-state index in [0.717, 1.165) is 29.7 Å². The SMILES string of the molecule is CCN(C(=O)c1cc(S(=O)(=O)N2CCCC2)ccc1Cl)c1cc(C)cc(C)c1. The van der Waals surface area contributed by atoms with Crippen molar-refractivity contribution in [3.05, 3.63) is 58.1 Å². The number of anilines is 1. The molecule has 1 heterocycles. The zero-order valence-corrected chi connectivity index (χ0v) is 18.0. The van der Waals surface area contributed by atoms with Gasteiger partial charge in [-0.2, -0.15) is 4.31 Å². The molecule has 0 radical (unpaired) electrons. The van der Waals surface area contributed by atoms with Gasteiger partial charge in [0.15, 0.2) is 0 Å². The van der Waals surface area contributed by atoms with Gasteiger partial charge in [-0.3, -0.25) is 4.79 Å². The van der Waals surface area contributed by atoms with E-state index in [4.69, 9.17) is 11.6 Å². The number of rotatable bonds is 5. The van der Waals surface area contributed by atoms with Crippen LogP contribution in [-0.2, 0) is 10.0 Å². The first-order chi connectivity index (χ1) is 13.2. The van der Waals surface area contributed by atoms with E-state index in [1.807, 2.05) is 39.0 Å². The molecule has 0 aliphatic carbocycles. The average Bonchev–Trinajstić information content (AvgIpc) is 3.17. The molecule has 0 bridgehead atoms. The van der Waals surface area contributed by atoms with Crippen molar-refractivity contribution in [3.63, 3.8) is 0 Å². The molecule has 0 N–H and O–H groups in total. The molecule has 1 amide bonds. The Bertz CT molecular complexity index is 978. The van der Waals surface area contributed by atoms with Crippen molar-refractivity contribution in [2.24, 2.45) is 0 Å². The minimum absolute atomic E-state index is 0.110. The molecule has 2 aromatic rings. The number of nitrogens with zero attached hydrogens (tertiary/aromatic N) is 2. The number of aryl methyl sites for hydroxylation is 2. The van der Waals surface area contributed by atoms with E-state index in [1.54, 1.807) is 4.90 Å². The average molecular weight is 421 g/mol. The summed E-state index contributed by atoms with van der Waals surface area (Å²) in [6, 6.07) is 10.3. The zero-order chi connectivity index (χ0) is 20.5. The number of sulfonamides is 1. The highest BCUT2D eigenvalue weighted by molar-refractivity contribution is 7.89. The summed E-state index contributed by atoms with van der Waals surface area (Å²) in [7, 11) is -3.62. The van der Waals surface area contributed by atoms with E-state index in [2.05, 4.69) is 0 Å². The fourth-order valence-corrected chi connectivity index (χ4v) is 5.34. The largest absolute Gasteiger partial charge is 0.309 e. The number of carbonyl (C=O) groups is 1. The van der Waals surface area contributed by atoms with Crippen molar-refractivity contribution in [1.29, 1.82) is 0 Å². The molecular formula is C21H25ClN2O3S. The molecule has 28 heavy (non-hydrogen) atoms. The Morgan fingerprint density at radius 3 is 2.25 bits per heavy atom. The molecule has 7 heteroatoms. The molecule has 3 rings (SSSR count). The molecule has 1 saturated heterocycles. The highest BCUT2D eigenvalue weighted by atomic mass is 35.5. The number of benzene rings is 2. The van der Waals surface area contributed by atoms with Crippen LogP contribution in [0.15, 0.2) is 41.3 Å². The first-order valence-electron chi connectivity index (χ1n) is 9.44. The van der Waals surface area contributed by atoms with Gasteiger partial charge in [0.1, 0.15) is 0 Å². The molecule has 1 aliphatic heterocycles. The summed E-state index contributed by atoms with van der Waals surface area (Å²) in [5.74, 6) is -0.309. The van der Waals surface area contributed by atoms with Gasteiger partial charge in [-0.15, -0.1) is 0 Å².